The summed E-state index contributed by atoms with van der Waals surface area (Å²) in [4.78, 5) is 38.1. The van der Waals surface area contributed by atoms with Crippen molar-refractivity contribution < 1.29 is 28.6 Å². The molecule has 0 aromatic carbocycles. The van der Waals surface area contributed by atoms with Gasteiger partial charge in [-0.25, -0.2) is 0 Å². The lowest BCUT2D eigenvalue weighted by Gasteiger charge is -2.18. The highest BCUT2D eigenvalue weighted by Crippen LogP contribution is 2.17. The van der Waals surface area contributed by atoms with Crippen molar-refractivity contribution in [2.45, 2.75) is 329 Å². The van der Waals surface area contributed by atoms with Gasteiger partial charge in [-0.15, -0.1) is 0 Å². The summed E-state index contributed by atoms with van der Waals surface area (Å²) in [6.07, 6.45) is 64.6. The number of rotatable bonds is 54. The Morgan fingerprint density at radius 1 is 0.288 bits per heavy atom. The number of unbranched alkanes of at least 4 members (excludes halogenated alkanes) is 39. The van der Waals surface area contributed by atoms with Gasteiger partial charge in [-0.05, 0) is 70.6 Å². The zero-order valence-corrected chi connectivity index (χ0v) is 44.5. The van der Waals surface area contributed by atoms with Gasteiger partial charge in [-0.1, -0.05) is 257 Å². The minimum atomic E-state index is -0.775. The Labute approximate surface area is 411 Å². The van der Waals surface area contributed by atoms with Crippen LogP contribution in [0.5, 0.6) is 0 Å². The molecular weight excluding hydrogens is 817 g/mol. The maximum Gasteiger partial charge on any atom is 0.306 e. The monoisotopic (exact) mass is 929 g/mol. The fraction of sp³-hybridized carbons (Fsp3) is 0.883. The summed E-state index contributed by atoms with van der Waals surface area (Å²) in [6.45, 7) is 6.66. The van der Waals surface area contributed by atoms with Gasteiger partial charge in [0.15, 0.2) is 6.10 Å². The normalized spacial score (nSPS) is 12.1. The molecule has 0 saturated heterocycles. The van der Waals surface area contributed by atoms with Gasteiger partial charge >= 0.3 is 17.9 Å². The van der Waals surface area contributed by atoms with Crippen molar-refractivity contribution in [1.82, 2.24) is 0 Å². The molecule has 0 rings (SSSR count). The Balaban J connectivity index is 4.32. The van der Waals surface area contributed by atoms with Crippen LogP contribution in [0.1, 0.15) is 323 Å². The highest BCUT2D eigenvalue weighted by Gasteiger charge is 2.19. The lowest BCUT2D eigenvalue weighted by atomic mass is 10.0. The standard InChI is InChI=1S/C60H112O6/c1-4-7-10-13-16-19-22-25-27-29-30-31-33-35-38-41-44-47-50-53-59(62)65-56-57(55-64-58(61)52-49-46-43-40-37-34-24-21-18-15-12-9-6-3)66-60(63)54-51-48-45-42-39-36-32-28-26-23-20-17-14-11-8-5-2/h29-30,34,37,57H,4-28,31-33,35-36,38-56H2,1-3H3/b30-29-,37-34-. The van der Waals surface area contributed by atoms with E-state index >= 15 is 0 Å². The minimum absolute atomic E-state index is 0.0740. The number of hydrogen-bond acceptors (Lipinski definition) is 6. The van der Waals surface area contributed by atoms with E-state index in [2.05, 4.69) is 45.1 Å². The molecule has 0 saturated carbocycles. The molecule has 0 radical (unpaired) electrons. The van der Waals surface area contributed by atoms with Crippen molar-refractivity contribution in [1.29, 1.82) is 0 Å². The topological polar surface area (TPSA) is 78.9 Å². The van der Waals surface area contributed by atoms with E-state index in [9.17, 15) is 14.4 Å². The fourth-order valence-corrected chi connectivity index (χ4v) is 8.73. The van der Waals surface area contributed by atoms with E-state index in [4.69, 9.17) is 14.2 Å². The number of allylic oxidation sites excluding steroid dienone is 4. The summed E-state index contributed by atoms with van der Waals surface area (Å²) < 4.78 is 16.9. The van der Waals surface area contributed by atoms with Gasteiger partial charge in [0, 0.05) is 19.3 Å². The van der Waals surface area contributed by atoms with Crippen molar-refractivity contribution >= 4 is 17.9 Å². The van der Waals surface area contributed by atoms with Gasteiger partial charge in [0.1, 0.15) is 13.2 Å². The number of carbonyl (C=O) groups is 3. The van der Waals surface area contributed by atoms with Crippen LogP contribution < -0.4 is 0 Å². The van der Waals surface area contributed by atoms with Crippen LogP contribution >= 0.6 is 0 Å². The summed E-state index contributed by atoms with van der Waals surface area (Å²) in [5, 5.41) is 0. The maximum absolute atomic E-state index is 12.8. The first kappa shape index (κ1) is 63.9. The summed E-state index contributed by atoms with van der Waals surface area (Å²) in [7, 11) is 0. The van der Waals surface area contributed by atoms with Gasteiger partial charge in [0.25, 0.3) is 0 Å². The molecule has 0 fully saturated rings. The molecule has 388 valence electrons. The molecule has 0 aliphatic rings. The van der Waals surface area contributed by atoms with Crippen LogP contribution in [0, 0.1) is 0 Å². The van der Waals surface area contributed by atoms with Crippen molar-refractivity contribution in [2.24, 2.45) is 0 Å². The van der Waals surface area contributed by atoms with Crippen LogP contribution in [0.25, 0.3) is 0 Å². The lowest BCUT2D eigenvalue weighted by Crippen LogP contribution is -2.30. The first-order chi connectivity index (χ1) is 32.5. The summed E-state index contributed by atoms with van der Waals surface area (Å²) in [5.41, 5.74) is 0. The second-order valence-electron chi connectivity index (χ2n) is 19.9. The molecule has 1 unspecified atom stereocenters. The van der Waals surface area contributed by atoms with Gasteiger partial charge in [0.05, 0.1) is 0 Å². The van der Waals surface area contributed by atoms with Crippen LogP contribution in [0.2, 0.25) is 0 Å². The molecule has 0 amide bonds. The first-order valence-corrected chi connectivity index (χ1v) is 29.3. The predicted octanol–water partition coefficient (Wildman–Crippen LogP) is 19.5. The average molecular weight is 930 g/mol. The number of hydrogen-bond donors (Lipinski definition) is 0. The van der Waals surface area contributed by atoms with E-state index in [1.807, 2.05) is 0 Å². The Kier molecular flexibility index (Phi) is 53.7. The number of ether oxygens (including phenoxy) is 3. The second kappa shape index (κ2) is 55.5. The maximum atomic E-state index is 12.8. The van der Waals surface area contributed by atoms with Crippen molar-refractivity contribution in [3.63, 3.8) is 0 Å². The van der Waals surface area contributed by atoms with Crippen LogP contribution in [0.3, 0.4) is 0 Å². The predicted molar refractivity (Wildman–Crippen MR) is 284 cm³/mol. The average Bonchev–Trinajstić information content (AvgIpc) is 3.31. The van der Waals surface area contributed by atoms with E-state index in [1.165, 1.54) is 212 Å². The summed E-state index contributed by atoms with van der Waals surface area (Å²) in [6, 6.07) is 0. The third-order valence-electron chi connectivity index (χ3n) is 13.2. The molecule has 6 heteroatoms. The van der Waals surface area contributed by atoms with E-state index in [-0.39, 0.29) is 31.1 Å². The van der Waals surface area contributed by atoms with Gasteiger partial charge in [-0.2, -0.15) is 0 Å². The fourth-order valence-electron chi connectivity index (χ4n) is 8.73. The molecular formula is C60H112O6. The van der Waals surface area contributed by atoms with Crippen LogP contribution in [0.15, 0.2) is 24.3 Å². The zero-order chi connectivity index (χ0) is 47.9. The van der Waals surface area contributed by atoms with Gasteiger partial charge in [0.2, 0.25) is 0 Å². The Hall–Kier alpha value is -2.11. The summed E-state index contributed by atoms with van der Waals surface area (Å²) in [5.74, 6) is -0.874. The van der Waals surface area contributed by atoms with Crippen LogP contribution in [0.4, 0.5) is 0 Å². The van der Waals surface area contributed by atoms with Crippen LogP contribution in [-0.4, -0.2) is 37.2 Å². The Morgan fingerprint density at radius 2 is 0.500 bits per heavy atom. The van der Waals surface area contributed by atoms with Gasteiger partial charge in [-0.3, -0.25) is 14.4 Å². The van der Waals surface area contributed by atoms with Gasteiger partial charge < -0.3 is 14.2 Å². The number of carbonyl (C=O) groups excluding carboxylic acids is 3. The molecule has 0 heterocycles. The molecule has 66 heavy (non-hydrogen) atoms. The van der Waals surface area contributed by atoms with E-state index in [0.29, 0.717) is 19.3 Å². The number of esters is 3. The Bertz CT molecular complexity index is 1070. The van der Waals surface area contributed by atoms with E-state index < -0.39 is 6.10 Å². The molecule has 0 bridgehead atoms. The lowest BCUT2D eigenvalue weighted by molar-refractivity contribution is -0.167. The van der Waals surface area contributed by atoms with Crippen molar-refractivity contribution in [3.05, 3.63) is 24.3 Å². The highest BCUT2D eigenvalue weighted by molar-refractivity contribution is 5.71. The molecule has 6 nitrogen and oxygen atoms in total. The quantitative estimate of drug-likeness (QED) is 0.0262. The van der Waals surface area contributed by atoms with E-state index in [1.54, 1.807) is 0 Å². The third kappa shape index (κ3) is 52.9. The van der Waals surface area contributed by atoms with Crippen LogP contribution in [-0.2, 0) is 28.6 Å². The summed E-state index contributed by atoms with van der Waals surface area (Å²) >= 11 is 0. The highest BCUT2D eigenvalue weighted by atomic mass is 16.6. The third-order valence-corrected chi connectivity index (χ3v) is 13.2. The van der Waals surface area contributed by atoms with E-state index in [0.717, 1.165) is 70.6 Å². The smallest absolute Gasteiger partial charge is 0.306 e. The molecule has 0 aromatic heterocycles. The van der Waals surface area contributed by atoms with Crippen molar-refractivity contribution in [3.8, 4) is 0 Å². The largest absolute Gasteiger partial charge is 0.462 e. The molecule has 1 atom stereocenters. The molecule has 0 aliphatic heterocycles. The molecule has 0 aliphatic carbocycles. The Morgan fingerprint density at radius 3 is 0.773 bits per heavy atom. The zero-order valence-electron chi connectivity index (χ0n) is 44.5. The second-order valence-corrected chi connectivity index (χ2v) is 19.9. The first-order valence-electron chi connectivity index (χ1n) is 29.3. The molecule has 0 spiro atoms. The minimum Gasteiger partial charge on any atom is -0.462 e. The molecule has 0 N–H and O–H groups in total. The SMILES string of the molecule is CCCCCCCC/C=C\CCCCCC(=O)OCC(COC(=O)CCCCCCCCC/C=C\CCCCCCCCCC)OC(=O)CCCCCCCCCCCCCCCCCC. The van der Waals surface area contributed by atoms with Crippen molar-refractivity contribution in [2.75, 3.05) is 13.2 Å². The molecule has 0 aromatic rings.